The van der Waals surface area contributed by atoms with Gasteiger partial charge in [-0.15, -0.1) is 0 Å². The lowest BCUT2D eigenvalue weighted by atomic mass is 9.82. The van der Waals surface area contributed by atoms with Crippen LogP contribution in [0.2, 0.25) is 0 Å². The van der Waals surface area contributed by atoms with Gasteiger partial charge in [-0.1, -0.05) is 105 Å². The van der Waals surface area contributed by atoms with Gasteiger partial charge in [0.15, 0.2) is 12.1 Å². The Morgan fingerprint density at radius 1 is 0.667 bits per heavy atom. The number of carbonyl (C=O) groups is 3. The minimum atomic E-state index is -2.36. The second kappa shape index (κ2) is 33.7. The Morgan fingerprint density at radius 2 is 1.27 bits per heavy atom. The van der Waals surface area contributed by atoms with Crippen molar-refractivity contribution in [2.45, 2.75) is 202 Å². The molecule has 19 atom stereocenters. The number of piperazine rings is 1. The van der Waals surface area contributed by atoms with Gasteiger partial charge in [0.25, 0.3) is 0 Å². The summed E-state index contributed by atoms with van der Waals surface area (Å²) in [4.78, 5) is 42.1. The van der Waals surface area contributed by atoms with Crippen LogP contribution in [0.5, 0.6) is 0 Å². The number of allylic oxidation sites excluding steroid dienone is 12. The fourth-order valence-electron chi connectivity index (χ4n) is 10.4. The molecule has 0 aliphatic carbocycles. The molecule has 0 spiro atoms. The number of fused-ring (bicyclic) bond motifs is 2. The number of unbranched alkanes of at least 4 members (excludes halogenated alkanes) is 2. The Labute approximate surface area is 459 Å². The summed E-state index contributed by atoms with van der Waals surface area (Å²) in [6.07, 6.45) is 6.27. The number of nitrogens with two attached hydrogens (primary N) is 1. The molecule has 4 aliphatic heterocycles. The average molecular weight is 1110 g/mol. The number of amides is 1. The van der Waals surface area contributed by atoms with Crippen molar-refractivity contribution in [2.75, 3.05) is 32.7 Å². The van der Waals surface area contributed by atoms with Crippen LogP contribution in [0.3, 0.4) is 0 Å². The molecule has 442 valence electrons. The number of hydrogen-bond donors (Lipinski definition) is 12. The van der Waals surface area contributed by atoms with Gasteiger partial charge in [-0.2, -0.15) is 0 Å². The Bertz CT molecular complexity index is 2030. The molecule has 1 amide bonds. The molecule has 2 bridgehead atoms. The van der Waals surface area contributed by atoms with Gasteiger partial charge in [-0.3, -0.25) is 19.3 Å². The van der Waals surface area contributed by atoms with Crippen LogP contribution >= 0.6 is 0 Å². The second-order valence-electron chi connectivity index (χ2n) is 21.5. The lowest BCUT2D eigenvalue weighted by molar-refractivity contribution is -0.312. The number of nitrogens with zero attached hydrogens (tertiary/aromatic N) is 2. The number of ether oxygens (including phenoxy) is 4. The van der Waals surface area contributed by atoms with Gasteiger partial charge < -0.3 is 85.8 Å². The monoisotopic (exact) mass is 1110 g/mol. The van der Waals surface area contributed by atoms with E-state index in [2.05, 4.69) is 0 Å². The lowest BCUT2D eigenvalue weighted by Gasteiger charge is -2.49. The first-order valence-corrected chi connectivity index (χ1v) is 27.7. The van der Waals surface area contributed by atoms with Crippen LogP contribution in [-0.2, 0) is 33.3 Å². The average Bonchev–Trinajstić information content (AvgIpc) is 3.38. The van der Waals surface area contributed by atoms with E-state index >= 15 is 0 Å². The molecule has 0 unspecified atom stereocenters. The van der Waals surface area contributed by atoms with Crippen molar-refractivity contribution in [1.82, 2.24) is 9.80 Å². The van der Waals surface area contributed by atoms with Crippen LogP contribution in [-0.4, -0.2) is 214 Å². The summed E-state index contributed by atoms with van der Waals surface area (Å²) in [7, 11) is 0. The smallest absolute Gasteiger partial charge is 0.311 e. The third-order valence-electron chi connectivity index (χ3n) is 15.1. The van der Waals surface area contributed by atoms with Crippen molar-refractivity contribution in [3.8, 4) is 0 Å². The number of carboxylic acid groups (broad SMARTS) is 1. The van der Waals surface area contributed by atoms with Crippen LogP contribution < -0.4 is 5.73 Å². The maximum absolute atomic E-state index is 13.0. The van der Waals surface area contributed by atoms with Gasteiger partial charge in [-0.05, 0) is 52.5 Å². The van der Waals surface area contributed by atoms with Gasteiger partial charge in [0, 0.05) is 70.1 Å². The zero-order valence-electron chi connectivity index (χ0n) is 45.7. The number of aliphatic hydroxyl groups is 10. The van der Waals surface area contributed by atoms with Crippen LogP contribution in [0, 0.1) is 17.8 Å². The minimum Gasteiger partial charge on any atom is -0.481 e. The molecule has 21 nitrogen and oxygen atoms in total. The Kier molecular flexibility index (Phi) is 28.7. The van der Waals surface area contributed by atoms with E-state index in [-0.39, 0.29) is 37.5 Å². The highest BCUT2D eigenvalue weighted by Gasteiger charge is 2.52. The lowest BCUT2D eigenvalue weighted by Crippen LogP contribution is -2.66. The van der Waals surface area contributed by atoms with Crippen LogP contribution in [0.25, 0.3) is 0 Å². The minimum absolute atomic E-state index is 0.0195. The van der Waals surface area contributed by atoms with Crippen LogP contribution in [0.1, 0.15) is 105 Å². The van der Waals surface area contributed by atoms with Crippen molar-refractivity contribution in [2.24, 2.45) is 23.5 Å². The summed E-state index contributed by atoms with van der Waals surface area (Å²) in [6.45, 7) is 8.85. The predicted molar refractivity (Wildman–Crippen MR) is 288 cm³/mol. The third kappa shape index (κ3) is 21.8. The Hall–Kier alpha value is -4.01. The first-order valence-electron chi connectivity index (χ1n) is 27.7. The van der Waals surface area contributed by atoms with Gasteiger partial charge in [0.2, 0.25) is 5.91 Å². The summed E-state index contributed by atoms with van der Waals surface area (Å²) < 4.78 is 24.0. The molecule has 3 fully saturated rings. The number of hydrogen-bond acceptors (Lipinski definition) is 19. The summed E-state index contributed by atoms with van der Waals surface area (Å²) in [5.41, 5.74) is 5.60. The Morgan fingerprint density at radius 3 is 1.87 bits per heavy atom. The number of carboxylic acids is 1. The maximum Gasteiger partial charge on any atom is 0.311 e. The molecule has 0 aromatic carbocycles. The van der Waals surface area contributed by atoms with Crippen molar-refractivity contribution in [3.63, 3.8) is 0 Å². The maximum atomic E-state index is 13.0. The standard InChI is InChI=1S/C57H91N3O18/c1-36-20-16-13-11-9-7-5-6-8-10-12-14-17-21-43(77-56-54(71)51(53(70)39(4)76-56)60-28-26-59(27-29-60)48(67)22-18-15-19-25-58)33-47-50(55(72)73)46(66)35-57(74,78-47)34-42(63)31-45(65)44(64)24-23-40(61)30-41(62)32-49(68)75-38(3)37(2)52(36)69/h5-14,16-17,20-21,36-47,50-54,56,61-66,69-71,74H,15,18-19,22-35,58H2,1-4H3,(H,72,73)/t36-,37-,38-,39+,40+,41+,42-,43-,44+,45+,46-,47-,50+,51-,52+,53+,54-,56-,57+/m0/s1. The summed E-state index contributed by atoms with van der Waals surface area (Å²) >= 11 is 0. The zero-order valence-corrected chi connectivity index (χ0v) is 45.7. The molecule has 0 aromatic rings. The predicted octanol–water partition coefficient (Wildman–Crippen LogP) is 1.42. The highest BCUT2D eigenvalue weighted by Crippen LogP contribution is 2.38. The quantitative estimate of drug-likeness (QED) is 0.115. The van der Waals surface area contributed by atoms with Crippen LogP contribution in [0.4, 0.5) is 0 Å². The molecule has 0 radical (unpaired) electrons. The van der Waals surface area contributed by atoms with Gasteiger partial charge >= 0.3 is 11.9 Å². The van der Waals surface area contributed by atoms with E-state index in [4.69, 9.17) is 24.7 Å². The molecule has 4 aliphatic rings. The van der Waals surface area contributed by atoms with E-state index in [1.165, 1.54) is 0 Å². The molecule has 4 heterocycles. The van der Waals surface area contributed by atoms with E-state index < -0.39 is 147 Å². The fourth-order valence-corrected chi connectivity index (χ4v) is 10.4. The summed E-state index contributed by atoms with van der Waals surface area (Å²) in [6, 6.07) is -0.887. The molecule has 4 rings (SSSR count). The van der Waals surface area contributed by atoms with Crippen molar-refractivity contribution in [1.29, 1.82) is 0 Å². The molecule has 13 N–H and O–H groups in total. The van der Waals surface area contributed by atoms with E-state index in [1.807, 2.05) is 36.1 Å². The molecule has 78 heavy (non-hydrogen) atoms. The SMILES string of the molecule is C[C@@H]1[C@H](O)[C@@H](C)C=CC=CC=CC=CC=CC=CC=C[C@H](O[C@@H]2O[C@H](C)[C@@H](O)[C@H](N3CCN(C(=O)CCCCCN)CC3)[C@@H]2O)C[C@@H]2O[C@](O)(C[C@@H](O)C[C@@H](O)[C@H](O)CC[C@@H](O)C[C@@H](O)CC(=O)O[C@H]1C)C[C@H](O)[C@H]2C(=O)O. The normalized spacial score (nSPS) is 38.4. The number of aliphatic carboxylic acids is 1. The first-order chi connectivity index (χ1) is 37.0. The number of esters is 1. The van der Waals surface area contributed by atoms with E-state index in [0.29, 0.717) is 39.1 Å². The molecule has 21 heteroatoms. The highest BCUT2D eigenvalue weighted by atomic mass is 16.7. The topological polar surface area (TPSA) is 343 Å². The second-order valence-corrected chi connectivity index (χ2v) is 21.5. The highest BCUT2D eigenvalue weighted by molar-refractivity contribution is 5.76. The van der Waals surface area contributed by atoms with E-state index in [0.717, 1.165) is 19.3 Å². The number of rotatable bonds is 9. The van der Waals surface area contributed by atoms with Crippen molar-refractivity contribution >= 4 is 17.8 Å². The fraction of sp³-hybridized carbons (Fsp3) is 0.702. The van der Waals surface area contributed by atoms with Crippen molar-refractivity contribution < 1.29 is 89.5 Å². The van der Waals surface area contributed by atoms with E-state index in [1.54, 1.807) is 86.4 Å². The molecule has 0 aromatic heterocycles. The first kappa shape index (κ1) is 66.5. The van der Waals surface area contributed by atoms with Gasteiger partial charge in [0.1, 0.15) is 18.1 Å². The van der Waals surface area contributed by atoms with Crippen LogP contribution in [0.15, 0.2) is 85.1 Å². The number of cyclic esters (lactones) is 1. The number of aliphatic hydroxyl groups excluding tert-OH is 9. The van der Waals surface area contributed by atoms with E-state index in [9.17, 15) is 70.6 Å². The van der Waals surface area contributed by atoms with Crippen molar-refractivity contribution in [3.05, 3.63) is 85.1 Å². The summed E-state index contributed by atoms with van der Waals surface area (Å²) in [5, 5.41) is 122. The van der Waals surface area contributed by atoms with Gasteiger partial charge in [0.05, 0.1) is 79.6 Å². The molecule has 3 saturated heterocycles. The third-order valence-corrected chi connectivity index (χ3v) is 15.1. The molecular formula is C57H91N3O18. The zero-order chi connectivity index (χ0) is 57.5. The largest absolute Gasteiger partial charge is 0.481 e. The van der Waals surface area contributed by atoms with Gasteiger partial charge in [-0.25, -0.2) is 0 Å². The summed E-state index contributed by atoms with van der Waals surface area (Å²) in [5.74, 6) is -6.89. The molecular weight excluding hydrogens is 1010 g/mol. The number of carbonyl (C=O) groups excluding carboxylic acids is 2. The Balaban J connectivity index is 1.57. The molecule has 0 saturated carbocycles.